The molecule has 1 unspecified atom stereocenters. The molecule has 6 heteroatoms. The maximum absolute atomic E-state index is 12.9. The molecular weight excluding hydrogens is 354 g/mol. The smallest absolute Gasteiger partial charge is 0.261 e. The van der Waals surface area contributed by atoms with Crippen LogP contribution in [-0.4, -0.2) is 52.7 Å². The first-order valence-electron chi connectivity index (χ1n) is 10.5. The summed E-state index contributed by atoms with van der Waals surface area (Å²) in [5, 5.41) is 0. The molecule has 0 aromatic heterocycles. The minimum Gasteiger partial charge on any atom is -0.339 e. The topological polar surface area (TPSA) is 83.7 Å². The zero-order valence-electron chi connectivity index (χ0n) is 16.5. The van der Waals surface area contributed by atoms with Crippen molar-refractivity contribution in [2.75, 3.05) is 13.1 Å². The zero-order valence-corrected chi connectivity index (χ0v) is 16.5. The van der Waals surface area contributed by atoms with Gasteiger partial charge in [-0.2, -0.15) is 0 Å². The molecule has 2 fully saturated rings. The van der Waals surface area contributed by atoms with E-state index in [0.29, 0.717) is 35.7 Å². The van der Waals surface area contributed by atoms with Gasteiger partial charge in [0.15, 0.2) is 0 Å². The van der Waals surface area contributed by atoms with Crippen LogP contribution in [-0.2, 0) is 0 Å². The second-order valence-electron chi connectivity index (χ2n) is 8.52. The molecule has 0 bridgehead atoms. The van der Waals surface area contributed by atoms with Gasteiger partial charge in [0.25, 0.3) is 17.7 Å². The molecule has 6 nitrogen and oxygen atoms in total. The zero-order chi connectivity index (χ0) is 19.8. The van der Waals surface area contributed by atoms with E-state index in [-0.39, 0.29) is 29.8 Å². The van der Waals surface area contributed by atoms with Gasteiger partial charge in [-0.15, -0.1) is 0 Å². The highest BCUT2D eigenvalue weighted by atomic mass is 16.2. The molecule has 1 atom stereocenters. The molecule has 3 amide bonds. The van der Waals surface area contributed by atoms with E-state index >= 15 is 0 Å². The van der Waals surface area contributed by atoms with Crippen LogP contribution in [0.4, 0.5) is 0 Å². The SMILES string of the molecule is CC(N)C1CCN(C(=O)c2ccc3c(c2)C(=O)N(C2CCCCC2)C3=O)CC1. The Morgan fingerprint density at radius 1 is 1.00 bits per heavy atom. The summed E-state index contributed by atoms with van der Waals surface area (Å²) in [6, 6.07) is 5.11. The van der Waals surface area contributed by atoms with Crippen molar-refractivity contribution in [3.8, 4) is 0 Å². The molecular formula is C22H29N3O3. The van der Waals surface area contributed by atoms with Gasteiger partial charge in [-0.05, 0) is 56.7 Å². The number of hydrogen-bond acceptors (Lipinski definition) is 4. The summed E-state index contributed by atoms with van der Waals surface area (Å²) in [4.78, 5) is 41.9. The predicted molar refractivity (Wildman–Crippen MR) is 106 cm³/mol. The van der Waals surface area contributed by atoms with E-state index < -0.39 is 0 Å². The first-order chi connectivity index (χ1) is 13.5. The monoisotopic (exact) mass is 383 g/mol. The van der Waals surface area contributed by atoms with E-state index in [0.717, 1.165) is 44.9 Å². The van der Waals surface area contributed by atoms with Crippen LogP contribution in [0, 0.1) is 5.92 Å². The van der Waals surface area contributed by atoms with Gasteiger partial charge in [-0.3, -0.25) is 19.3 Å². The molecule has 3 aliphatic rings. The number of nitrogens with two attached hydrogens (primary N) is 1. The number of hydrogen-bond donors (Lipinski definition) is 1. The molecule has 0 radical (unpaired) electrons. The Morgan fingerprint density at radius 3 is 2.29 bits per heavy atom. The quantitative estimate of drug-likeness (QED) is 0.814. The van der Waals surface area contributed by atoms with Crippen molar-refractivity contribution < 1.29 is 14.4 Å². The van der Waals surface area contributed by atoms with Crippen LogP contribution in [0.5, 0.6) is 0 Å². The van der Waals surface area contributed by atoms with Gasteiger partial charge in [0.05, 0.1) is 11.1 Å². The van der Waals surface area contributed by atoms with Crippen LogP contribution in [0.15, 0.2) is 18.2 Å². The van der Waals surface area contributed by atoms with E-state index in [2.05, 4.69) is 0 Å². The number of benzene rings is 1. The summed E-state index contributed by atoms with van der Waals surface area (Å²) in [5.41, 5.74) is 7.29. The highest BCUT2D eigenvalue weighted by Crippen LogP contribution is 2.32. The van der Waals surface area contributed by atoms with E-state index in [1.165, 1.54) is 4.90 Å². The van der Waals surface area contributed by atoms with Crippen molar-refractivity contribution >= 4 is 17.7 Å². The van der Waals surface area contributed by atoms with Crippen molar-refractivity contribution in [1.29, 1.82) is 0 Å². The van der Waals surface area contributed by atoms with Crippen LogP contribution in [0.2, 0.25) is 0 Å². The predicted octanol–water partition coefficient (Wildman–Crippen LogP) is 2.81. The molecule has 0 spiro atoms. The molecule has 2 heterocycles. The van der Waals surface area contributed by atoms with Crippen LogP contribution in [0.3, 0.4) is 0 Å². The number of likely N-dealkylation sites (tertiary alicyclic amines) is 1. The Kier molecular flexibility index (Phi) is 5.23. The number of piperidine rings is 1. The normalized spacial score (nSPS) is 22.5. The van der Waals surface area contributed by atoms with Gasteiger partial charge in [0, 0.05) is 30.7 Å². The lowest BCUT2D eigenvalue weighted by Gasteiger charge is -2.33. The fourth-order valence-electron chi connectivity index (χ4n) is 4.87. The molecule has 1 aliphatic carbocycles. The van der Waals surface area contributed by atoms with Crippen molar-refractivity contribution in [3.63, 3.8) is 0 Å². The van der Waals surface area contributed by atoms with Crippen LogP contribution < -0.4 is 5.73 Å². The van der Waals surface area contributed by atoms with Gasteiger partial charge in [-0.25, -0.2) is 0 Å². The maximum Gasteiger partial charge on any atom is 0.261 e. The summed E-state index contributed by atoms with van der Waals surface area (Å²) < 4.78 is 0. The molecule has 1 aromatic carbocycles. The van der Waals surface area contributed by atoms with E-state index in [1.807, 2.05) is 11.8 Å². The summed E-state index contributed by atoms with van der Waals surface area (Å²) in [6.07, 6.45) is 6.84. The summed E-state index contributed by atoms with van der Waals surface area (Å²) in [6.45, 7) is 3.38. The average molecular weight is 383 g/mol. The Bertz CT molecular complexity index is 790. The number of nitrogens with zero attached hydrogens (tertiary/aromatic N) is 2. The molecule has 1 aromatic rings. The summed E-state index contributed by atoms with van der Waals surface area (Å²) in [7, 11) is 0. The fourth-order valence-corrected chi connectivity index (χ4v) is 4.87. The van der Waals surface area contributed by atoms with Gasteiger partial charge < -0.3 is 10.6 Å². The number of rotatable bonds is 3. The van der Waals surface area contributed by atoms with Crippen molar-refractivity contribution in [1.82, 2.24) is 9.80 Å². The first-order valence-corrected chi connectivity index (χ1v) is 10.5. The van der Waals surface area contributed by atoms with Crippen molar-refractivity contribution in [3.05, 3.63) is 34.9 Å². The Hall–Kier alpha value is -2.21. The number of imide groups is 1. The molecule has 150 valence electrons. The van der Waals surface area contributed by atoms with Gasteiger partial charge in [-0.1, -0.05) is 19.3 Å². The minimum atomic E-state index is -0.239. The number of amides is 3. The fraction of sp³-hybridized carbons (Fsp3) is 0.591. The maximum atomic E-state index is 12.9. The minimum absolute atomic E-state index is 0.00224. The number of fused-ring (bicyclic) bond motifs is 1. The van der Waals surface area contributed by atoms with E-state index in [4.69, 9.17) is 5.73 Å². The lowest BCUT2D eigenvalue weighted by molar-refractivity contribution is 0.0548. The van der Waals surface area contributed by atoms with E-state index in [1.54, 1.807) is 18.2 Å². The van der Waals surface area contributed by atoms with Gasteiger partial charge in [0.2, 0.25) is 0 Å². The number of carbonyl (C=O) groups excluding carboxylic acids is 3. The molecule has 1 saturated carbocycles. The largest absolute Gasteiger partial charge is 0.339 e. The van der Waals surface area contributed by atoms with Crippen LogP contribution >= 0.6 is 0 Å². The van der Waals surface area contributed by atoms with Gasteiger partial charge >= 0.3 is 0 Å². The second-order valence-corrected chi connectivity index (χ2v) is 8.52. The Balaban J connectivity index is 1.51. The molecule has 28 heavy (non-hydrogen) atoms. The molecule has 4 rings (SSSR count). The van der Waals surface area contributed by atoms with Crippen molar-refractivity contribution in [2.45, 2.75) is 64.0 Å². The third-order valence-electron chi connectivity index (χ3n) is 6.68. The molecule has 2 aliphatic heterocycles. The van der Waals surface area contributed by atoms with Crippen LogP contribution in [0.1, 0.15) is 82.9 Å². The lowest BCUT2D eigenvalue weighted by Crippen LogP contribution is -2.42. The van der Waals surface area contributed by atoms with Gasteiger partial charge in [0.1, 0.15) is 0 Å². The highest BCUT2D eigenvalue weighted by Gasteiger charge is 2.40. The third-order valence-corrected chi connectivity index (χ3v) is 6.68. The lowest BCUT2D eigenvalue weighted by atomic mass is 9.90. The number of carbonyl (C=O) groups is 3. The standard InChI is InChI=1S/C22H29N3O3/c1-14(23)15-9-11-24(12-10-15)20(26)16-7-8-18-19(13-16)22(28)25(21(18)27)17-5-3-2-4-6-17/h7-8,13-15,17H,2-6,9-12,23H2,1H3. The highest BCUT2D eigenvalue weighted by molar-refractivity contribution is 6.22. The van der Waals surface area contributed by atoms with E-state index in [9.17, 15) is 14.4 Å². The Morgan fingerprint density at radius 2 is 1.64 bits per heavy atom. The van der Waals surface area contributed by atoms with Crippen LogP contribution in [0.25, 0.3) is 0 Å². The first kappa shape index (κ1) is 19.1. The average Bonchev–Trinajstić information content (AvgIpc) is 2.98. The molecule has 1 saturated heterocycles. The van der Waals surface area contributed by atoms with Crippen molar-refractivity contribution in [2.24, 2.45) is 11.7 Å². The summed E-state index contributed by atoms with van der Waals surface area (Å²) in [5.74, 6) is -0.0597. The Labute approximate surface area is 166 Å². The molecule has 2 N–H and O–H groups in total. The third kappa shape index (κ3) is 3.34. The second kappa shape index (κ2) is 7.66. The summed E-state index contributed by atoms with van der Waals surface area (Å²) >= 11 is 0.